The van der Waals surface area contributed by atoms with Crippen molar-refractivity contribution in [2.24, 2.45) is 0 Å². The third-order valence-corrected chi connectivity index (χ3v) is 13.1. The molecule has 0 bridgehead atoms. The number of rotatable bonds is 14. The predicted octanol–water partition coefficient (Wildman–Crippen LogP) is -2.14. The maximum Gasteiger partial charge on any atom is 1.00 e. The third-order valence-electron chi connectivity index (χ3n) is 13.1. The topological polar surface area (TPSA) is 265 Å². The molecular weight excluding hydrogens is 963 g/mol. The first-order chi connectivity index (χ1) is 34.9. The van der Waals surface area contributed by atoms with Gasteiger partial charge in [-0.1, -0.05) is 111 Å². The SMILES string of the molecule is CCCc1nc2c(n1Cc1ccc(-c3ccccc3-c3nnn[nH]3)cc1)C(C(=O)[O-])N(C(C)=O)CC2.CCCc1nc2c(n1Cc1ccc(-c3ccccc3-c3nnn[nH]3)cc1)C(C(=O)[O-])N(C(C)=O)CC2.[Na+].[Na+]. The fourth-order valence-electron chi connectivity index (χ4n) is 9.83. The first-order valence-electron chi connectivity index (χ1n) is 23.9. The van der Waals surface area contributed by atoms with Crippen LogP contribution in [0.4, 0.5) is 0 Å². The monoisotopic (exact) mass is 1010 g/mol. The standard InChI is InChI=1S/2C26H27N7O3.2Na/c2*1-3-6-22-27-21-13-14-32(16(2)34)24(26(35)36)23(21)33(22)15-17-9-11-18(12-10-17)19-7-4-5-8-20(19)25-28-30-31-29-25;;/h2*4-5,7-12,24H,3,6,13-15H2,1-2H3,(H,35,36)(H,28,29,30,31);;/q;;2*+1/p-2. The molecule has 6 heterocycles. The zero-order valence-corrected chi connectivity index (χ0v) is 46.3. The van der Waals surface area contributed by atoms with Crippen molar-refractivity contribution in [1.82, 2.24) is 70.2 Å². The van der Waals surface area contributed by atoms with E-state index in [1.807, 2.05) is 106 Å². The molecule has 368 valence electrons. The van der Waals surface area contributed by atoms with Crippen molar-refractivity contribution < 1.29 is 88.5 Å². The number of aliphatic carboxylic acids is 2. The maximum absolute atomic E-state index is 12.2. The van der Waals surface area contributed by atoms with Gasteiger partial charge in [-0.05, 0) is 67.1 Å². The van der Waals surface area contributed by atoms with Gasteiger partial charge < -0.3 is 38.7 Å². The van der Waals surface area contributed by atoms with Crippen molar-refractivity contribution in [3.63, 3.8) is 0 Å². The molecule has 2 N–H and O–H groups in total. The molecule has 2 amide bonds. The molecule has 0 radical (unpaired) electrons. The number of benzene rings is 4. The number of H-pyrrole nitrogens is 2. The number of aryl methyl sites for hydroxylation is 2. The second kappa shape index (κ2) is 24.6. The average molecular weight is 1020 g/mol. The molecule has 10 rings (SSSR count). The molecule has 2 aliphatic rings. The number of hydrogen-bond acceptors (Lipinski definition) is 14. The van der Waals surface area contributed by atoms with Crippen LogP contribution in [0.25, 0.3) is 45.0 Å². The van der Waals surface area contributed by atoms with E-state index in [-0.39, 0.29) is 70.9 Å². The largest absolute Gasteiger partial charge is 1.00 e. The predicted molar refractivity (Wildman–Crippen MR) is 258 cm³/mol. The molecule has 4 aromatic carbocycles. The Morgan fingerprint density at radius 2 is 0.919 bits per heavy atom. The molecule has 4 aromatic heterocycles. The van der Waals surface area contributed by atoms with E-state index < -0.39 is 24.0 Å². The Balaban J connectivity index is 0.000000211. The van der Waals surface area contributed by atoms with E-state index in [0.717, 1.165) is 80.4 Å². The summed E-state index contributed by atoms with van der Waals surface area (Å²) in [5.74, 6) is -0.319. The van der Waals surface area contributed by atoms with Gasteiger partial charge in [0, 0.05) is 76.8 Å². The summed E-state index contributed by atoms with van der Waals surface area (Å²) in [4.78, 5) is 61.0. The smallest absolute Gasteiger partial charge is 0.547 e. The molecule has 20 nitrogen and oxygen atoms in total. The summed E-state index contributed by atoms with van der Waals surface area (Å²) in [5, 5.41) is 52.8. The molecular formula is C52H52N14Na2O6. The molecule has 2 aliphatic heterocycles. The van der Waals surface area contributed by atoms with E-state index in [1.165, 1.54) is 23.6 Å². The molecule has 0 spiro atoms. The number of nitrogens with one attached hydrogen (secondary N) is 2. The molecule has 22 heteroatoms. The number of carbonyl (C=O) groups is 4. The number of carboxylic acids is 2. The summed E-state index contributed by atoms with van der Waals surface area (Å²) >= 11 is 0. The Morgan fingerprint density at radius 3 is 1.23 bits per heavy atom. The van der Waals surface area contributed by atoms with Gasteiger partial charge in [0.15, 0.2) is 11.6 Å². The minimum absolute atomic E-state index is 0. The van der Waals surface area contributed by atoms with E-state index in [4.69, 9.17) is 9.97 Å². The van der Waals surface area contributed by atoms with E-state index in [9.17, 15) is 29.4 Å². The fourth-order valence-corrected chi connectivity index (χ4v) is 9.83. The van der Waals surface area contributed by atoms with Gasteiger partial charge in [-0.15, -0.1) is 10.2 Å². The minimum atomic E-state index is -1.29. The Bertz CT molecular complexity index is 3020. The van der Waals surface area contributed by atoms with Crippen LogP contribution in [0.5, 0.6) is 0 Å². The first-order valence-corrected chi connectivity index (χ1v) is 23.9. The van der Waals surface area contributed by atoms with Crippen LogP contribution in [0.3, 0.4) is 0 Å². The molecule has 0 fully saturated rings. The summed E-state index contributed by atoms with van der Waals surface area (Å²) < 4.78 is 3.91. The molecule has 0 saturated heterocycles. The molecule has 2 unspecified atom stereocenters. The number of nitrogens with zero attached hydrogens (tertiary/aromatic N) is 12. The van der Waals surface area contributed by atoms with Crippen LogP contribution in [0.1, 0.15) is 98.2 Å². The number of carboxylic acid groups (broad SMARTS) is 2. The second-order valence-electron chi connectivity index (χ2n) is 17.7. The zero-order valence-electron chi connectivity index (χ0n) is 42.3. The van der Waals surface area contributed by atoms with Gasteiger partial charge >= 0.3 is 59.1 Å². The molecule has 8 aromatic rings. The molecule has 2 atom stereocenters. The number of tetrazole rings is 2. The Kier molecular flexibility index (Phi) is 18.3. The number of imidazole rings is 2. The quantitative estimate of drug-likeness (QED) is 0.110. The van der Waals surface area contributed by atoms with Crippen LogP contribution in [0, 0.1) is 0 Å². The zero-order chi connectivity index (χ0) is 50.5. The number of fused-ring (bicyclic) bond motifs is 2. The molecule has 0 aliphatic carbocycles. The van der Waals surface area contributed by atoms with Gasteiger partial charge in [0.05, 0.1) is 34.7 Å². The van der Waals surface area contributed by atoms with Crippen molar-refractivity contribution >= 4 is 23.8 Å². The summed E-state index contributed by atoms with van der Waals surface area (Å²) in [6.45, 7) is 8.43. The summed E-state index contributed by atoms with van der Waals surface area (Å²) in [6, 6.07) is 29.6. The number of amides is 2. The number of carbonyl (C=O) groups excluding carboxylic acids is 4. The van der Waals surface area contributed by atoms with Crippen molar-refractivity contribution in [3.8, 4) is 45.0 Å². The van der Waals surface area contributed by atoms with Gasteiger partial charge in [-0.3, -0.25) is 9.59 Å². The van der Waals surface area contributed by atoms with Gasteiger partial charge in [-0.25, -0.2) is 20.2 Å². The summed E-state index contributed by atoms with van der Waals surface area (Å²) in [6.07, 6.45) is 4.21. The van der Waals surface area contributed by atoms with E-state index >= 15 is 0 Å². The van der Waals surface area contributed by atoms with Crippen LogP contribution in [-0.2, 0) is 58.0 Å². The Hall–Kier alpha value is -6.68. The number of aromatic amines is 2. The van der Waals surface area contributed by atoms with E-state index in [1.54, 1.807) is 0 Å². The second-order valence-corrected chi connectivity index (χ2v) is 17.7. The van der Waals surface area contributed by atoms with Crippen LogP contribution < -0.4 is 69.3 Å². The van der Waals surface area contributed by atoms with Crippen molar-refractivity contribution in [2.75, 3.05) is 13.1 Å². The van der Waals surface area contributed by atoms with Crippen LogP contribution in [-0.4, -0.2) is 107 Å². The Morgan fingerprint density at radius 1 is 0.554 bits per heavy atom. The Labute approximate surface area is 471 Å². The van der Waals surface area contributed by atoms with Crippen LogP contribution >= 0.6 is 0 Å². The van der Waals surface area contributed by atoms with E-state index in [2.05, 4.69) is 55.1 Å². The van der Waals surface area contributed by atoms with Crippen molar-refractivity contribution in [1.29, 1.82) is 0 Å². The van der Waals surface area contributed by atoms with Crippen LogP contribution in [0.15, 0.2) is 97.1 Å². The van der Waals surface area contributed by atoms with Gasteiger partial charge in [0.2, 0.25) is 11.8 Å². The normalized spacial score (nSPS) is 14.6. The third kappa shape index (κ3) is 11.5. The van der Waals surface area contributed by atoms with E-state index in [0.29, 0.717) is 74.9 Å². The van der Waals surface area contributed by atoms with Crippen molar-refractivity contribution in [2.45, 2.75) is 91.4 Å². The first kappa shape index (κ1) is 55.1. The summed E-state index contributed by atoms with van der Waals surface area (Å²) in [5.41, 5.74) is 10.3. The fraction of sp³-hybridized carbons (Fsp3) is 0.308. The maximum atomic E-state index is 12.2. The minimum Gasteiger partial charge on any atom is -0.547 e. The molecule has 0 saturated carbocycles. The van der Waals surface area contributed by atoms with Gasteiger partial charge in [0.25, 0.3) is 0 Å². The molecule has 74 heavy (non-hydrogen) atoms. The van der Waals surface area contributed by atoms with Gasteiger partial charge in [-0.2, -0.15) is 0 Å². The van der Waals surface area contributed by atoms with Gasteiger partial charge in [0.1, 0.15) is 23.7 Å². The van der Waals surface area contributed by atoms with Crippen molar-refractivity contribution in [3.05, 3.63) is 143 Å². The average Bonchev–Trinajstić information content (AvgIpc) is 4.23. The van der Waals surface area contributed by atoms with Crippen LogP contribution in [0.2, 0.25) is 0 Å². The number of hydrogen-bond donors (Lipinski definition) is 2. The number of aromatic nitrogens is 12. The summed E-state index contributed by atoms with van der Waals surface area (Å²) in [7, 11) is 0.